The molecule has 38 heavy (non-hydrogen) atoms. The largest absolute Gasteiger partial charge is 0.192 e. The first-order valence-electron chi connectivity index (χ1n) is 15.5. The third-order valence-electron chi connectivity index (χ3n) is 11.3. The van der Waals surface area contributed by atoms with Crippen LogP contribution in [0.25, 0.3) is 0 Å². The SMILES string of the molecule is C=C1C=C2C3C=C(C#N)C(=C)C(C)(C)C3CCC2C2(C)CCC3CCC(C)(C)CC3C12.C=[P+](C)CC.CC. The summed E-state index contributed by atoms with van der Waals surface area (Å²) in [6, 6.07) is 2.47. The number of hydrogen-bond donors (Lipinski definition) is 0. The van der Waals surface area contributed by atoms with E-state index in [-0.39, 0.29) is 13.0 Å². The number of nitrogens with zero attached hydrogens (tertiary/aromatic N) is 1. The van der Waals surface area contributed by atoms with Crippen LogP contribution in [0.4, 0.5) is 0 Å². The molecule has 3 fully saturated rings. The quantitative estimate of drug-likeness (QED) is 0.307. The number of nitriles is 1. The van der Waals surface area contributed by atoms with Crippen molar-refractivity contribution in [2.24, 2.45) is 51.8 Å². The molecule has 5 aliphatic carbocycles. The molecule has 8 atom stereocenters. The fourth-order valence-corrected chi connectivity index (χ4v) is 9.02. The molecule has 1 nitrogen and oxygen atoms in total. The molecule has 0 N–H and O–H groups in total. The summed E-state index contributed by atoms with van der Waals surface area (Å²) < 4.78 is 0. The highest BCUT2D eigenvalue weighted by molar-refractivity contribution is 7.54. The Bertz CT molecular complexity index is 1050. The van der Waals surface area contributed by atoms with E-state index in [1.165, 1.54) is 56.7 Å². The van der Waals surface area contributed by atoms with Crippen LogP contribution >= 0.6 is 7.55 Å². The first-order chi connectivity index (χ1) is 17.8. The van der Waals surface area contributed by atoms with Crippen LogP contribution in [0.3, 0.4) is 0 Å². The Morgan fingerprint density at radius 3 is 2.21 bits per heavy atom. The maximum atomic E-state index is 9.83. The van der Waals surface area contributed by atoms with E-state index in [1.54, 1.807) is 5.57 Å². The van der Waals surface area contributed by atoms with E-state index in [0.717, 1.165) is 23.0 Å². The van der Waals surface area contributed by atoms with Crippen molar-refractivity contribution in [3.8, 4) is 6.07 Å². The standard InChI is InChI=1S/C30H41N.C4H10P.C2H6/c1-18-14-22-23-15-21(17-31)19(2)29(5,6)25(23)8-9-26(22)30(7)13-11-20-10-12-28(3,4)16-24(20)27(18)30;1-4-5(2)3;1-2/h14-15,20,23-27H,1-2,8-13,16H2,3-7H3;2,4H2,1,3H3;1-2H3/q;+1;. The fraction of sp³-hybridized carbons (Fsp3) is 0.722. The van der Waals surface area contributed by atoms with Gasteiger partial charge < -0.3 is 0 Å². The molecule has 0 aromatic rings. The lowest BCUT2D eigenvalue weighted by atomic mass is 9.42. The van der Waals surface area contributed by atoms with Crippen molar-refractivity contribution in [2.75, 3.05) is 12.8 Å². The van der Waals surface area contributed by atoms with Crippen LogP contribution in [0.1, 0.15) is 100 Å². The molecule has 0 bridgehead atoms. The minimum Gasteiger partial charge on any atom is -0.192 e. The number of rotatable bonds is 1. The van der Waals surface area contributed by atoms with Crippen molar-refractivity contribution in [1.82, 2.24) is 0 Å². The molecular weight excluding hydrogens is 477 g/mol. The lowest BCUT2D eigenvalue weighted by Gasteiger charge is -2.62. The van der Waals surface area contributed by atoms with Gasteiger partial charge in [0.25, 0.3) is 0 Å². The smallest absolute Gasteiger partial charge is 0.103 e. The van der Waals surface area contributed by atoms with Gasteiger partial charge in [0, 0.05) is 5.92 Å². The highest BCUT2D eigenvalue weighted by Gasteiger charge is 2.58. The third kappa shape index (κ3) is 5.46. The van der Waals surface area contributed by atoms with Gasteiger partial charge in [-0.2, -0.15) is 5.26 Å². The number of hydrogen-bond acceptors (Lipinski definition) is 1. The van der Waals surface area contributed by atoms with Gasteiger partial charge in [0.15, 0.2) is 0 Å². The van der Waals surface area contributed by atoms with Crippen LogP contribution in [0.5, 0.6) is 0 Å². The molecule has 2 heteroatoms. The van der Waals surface area contributed by atoms with Gasteiger partial charge >= 0.3 is 0 Å². The Labute approximate surface area is 237 Å². The number of fused-ring (bicyclic) bond motifs is 7. The molecule has 0 amide bonds. The molecule has 3 saturated carbocycles. The molecule has 0 aliphatic heterocycles. The minimum absolute atomic E-state index is 0.0135. The maximum absolute atomic E-state index is 9.83. The summed E-state index contributed by atoms with van der Waals surface area (Å²) in [4.78, 5) is 0. The second kappa shape index (κ2) is 11.6. The second-order valence-corrected chi connectivity index (χ2v) is 16.7. The molecule has 0 aromatic carbocycles. The van der Waals surface area contributed by atoms with Crippen LogP contribution < -0.4 is 0 Å². The van der Waals surface area contributed by atoms with Crippen molar-refractivity contribution in [1.29, 1.82) is 5.26 Å². The Kier molecular flexibility index (Phi) is 9.52. The Balaban J connectivity index is 0.000000515. The van der Waals surface area contributed by atoms with Crippen molar-refractivity contribution in [3.05, 3.63) is 47.6 Å². The van der Waals surface area contributed by atoms with Gasteiger partial charge in [0.2, 0.25) is 0 Å². The molecule has 0 aromatic heterocycles. The van der Waals surface area contributed by atoms with Crippen LogP contribution in [-0.2, 0) is 0 Å². The van der Waals surface area contributed by atoms with E-state index in [1.807, 2.05) is 13.8 Å². The summed E-state index contributed by atoms with van der Waals surface area (Å²) >= 11 is 0. The summed E-state index contributed by atoms with van der Waals surface area (Å²) in [5, 5.41) is 9.83. The van der Waals surface area contributed by atoms with Crippen LogP contribution in [0.15, 0.2) is 47.6 Å². The van der Waals surface area contributed by atoms with E-state index in [2.05, 4.69) is 79.3 Å². The lowest BCUT2D eigenvalue weighted by Crippen LogP contribution is -2.54. The Morgan fingerprint density at radius 2 is 1.63 bits per heavy atom. The van der Waals surface area contributed by atoms with Gasteiger partial charge in [0.05, 0.1) is 32.2 Å². The summed E-state index contributed by atoms with van der Waals surface area (Å²) in [6.07, 6.45) is 19.3. The zero-order valence-corrected chi connectivity index (χ0v) is 27.2. The van der Waals surface area contributed by atoms with Crippen molar-refractivity contribution >= 4 is 13.8 Å². The topological polar surface area (TPSA) is 23.8 Å². The summed E-state index contributed by atoms with van der Waals surface area (Å²) in [6.45, 7) is 29.6. The van der Waals surface area contributed by atoms with E-state index >= 15 is 0 Å². The average Bonchev–Trinajstić information content (AvgIpc) is 2.86. The average molecular weight is 535 g/mol. The molecule has 5 rings (SSSR count). The molecule has 0 radical (unpaired) electrons. The molecule has 8 unspecified atom stereocenters. The van der Waals surface area contributed by atoms with Gasteiger partial charge in [-0.15, -0.1) is 0 Å². The van der Waals surface area contributed by atoms with Crippen LogP contribution in [0, 0.1) is 63.1 Å². The molecule has 0 heterocycles. The zero-order valence-electron chi connectivity index (χ0n) is 26.3. The van der Waals surface area contributed by atoms with E-state index in [9.17, 15) is 5.26 Å². The van der Waals surface area contributed by atoms with Crippen LogP contribution in [-0.4, -0.2) is 19.1 Å². The van der Waals surface area contributed by atoms with Crippen LogP contribution in [0.2, 0.25) is 0 Å². The highest BCUT2D eigenvalue weighted by atomic mass is 31.1. The summed E-state index contributed by atoms with van der Waals surface area (Å²) in [5.41, 5.74) is 5.65. The third-order valence-corrected chi connectivity index (χ3v) is 12.4. The highest BCUT2D eigenvalue weighted by Crippen LogP contribution is 2.67. The van der Waals surface area contributed by atoms with Gasteiger partial charge in [-0.3, -0.25) is 0 Å². The van der Waals surface area contributed by atoms with E-state index in [0.29, 0.717) is 34.5 Å². The summed E-state index contributed by atoms with van der Waals surface area (Å²) in [7, 11) is 0.152. The van der Waals surface area contributed by atoms with Crippen molar-refractivity contribution in [3.63, 3.8) is 0 Å². The molecule has 210 valence electrons. The Morgan fingerprint density at radius 1 is 1.03 bits per heavy atom. The van der Waals surface area contributed by atoms with Gasteiger partial charge in [0.1, 0.15) is 6.16 Å². The monoisotopic (exact) mass is 534 g/mol. The zero-order chi connectivity index (χ0) is 28.6. The molecule has 0 saturated heterocycles. The molecule has 0 spiro atoms. The van der Waals surface area contributed by atoms with Crippen molar-refractivity contribution < 1.29 is 0 Å². The van der Waals surface area contributed by atoms with Gasteiger partial charge in [-0.25, -0.2) is 0 Å². The fourth-order valence-electron chi connectivity index (χ4n) is 9.02. The normalized spacial score (nSPS) is 38.5. The molecule has 5 aliphatic rings. The summed E-state index contributed by atoms with van der Waals surface area (Å²) in [5.74, 6) is 3.92. The predicted molar refractivity (Wildman–Crippen MR) is 171 cm³/mol. The predicted octanol–water partition coefficient (Wildman–Crippen LogP) is 10.6. The first kappa shape index (κ1) is 31.2. The Hall–Kier alpha value is -1.38. The lowest BCUT2D eigenvalue weighted by molar-refractivity contribution is -0.0582. The van der Waals surface area contributed by atoms with E-state index in [4.69, 9.17) is 6.58 Å². The minimum atomic E-state index is -0.0135. The van der Waals surface area contributed by atoms with Gasteiger partial charge in [-0.05, 0) is 103 Å². The first-order valence-corrected chi connectivity index (χ1v) is 17.7. The number of allylic oxidation sites excluding steroid dienone is 6. The second-order valence-electron chi connectivity index (χ2n) is 14.4. The van der Waals surface area contributed by atoms with E-state index < -0.39 is 0 Å². The van der Waals surface area contributed by atoms with Gasteiger partial charge in [-0.1, -0.05) is 84.9 Å². The maximum Gasteiger partial charge on any atom is 0.103 e. The molecular formula is C36H57NP+. The van der Waals surface area contributed by atoms with Crippen molar-refractivity contribution in [2.45, 2.75) is 100 Å².